The molecule has 3 rings (SSSR count). The monoisotopic (exact) mass is 302 g/mol. The minimum Gasteiger partial charge on any atom is -0.343 e. The van der Waals surface area contributed by atoms with Crippen LogP contribution in [-0.4, -0.2) is 21.0 Å². The number of para-hydroxylation sites is 1. The maximum Gasteiger partial charge on any atom is 0.252 e. The maximum absolute atomic E-state index is 12.3. The maximum atomic E-state index is 12.3. The van der Waals surface area contributed by atoms with Crippen molar-refractivity contribution >= 4 is 28.4 Å². The van der Waals surface area contributed by atoms with Gasteiger partial charge in [0.15, 0.2) is 5.82 Å². The number of fused-ring (bicyclic) bond motifs is 1. The van der Waals surface area contributed by atoms with Crippen LogP contribution >= 0.6 is 11.6 Å². The number of aryl methyl sites for hydroxylation is 1. The van der Waals surface area contributed by atoms with Crippen molar-refractivity contribution in [3.63, 3.8) is 0 Å². The Labute approximate surface area is 125 Å². The summed E-state index contributed by atoms with van der Waals surface area (Å²) in [5, 5.41) is 7.40. The van der Waals surface area contributed by atoms with Gasteiger partial charge in [-0.15, -0.1) is 0 Å². The Kier molecular flexibility index (Phi) is 3.53. The quantitative estimate of drug-likeness (QED) is 0.752. The number of carbonyl (C=O) groups excluding carboxylic acids is 1. The molecule has 2 aromatic heterocycles. The molecule has 1 amide bonds. The SMILES string of the molecule is Cc1noc(CNC(=O)c2cc(Cl)nc3ccccc23)n1. The summed E-state index contributed by atoms with van der Waals surface area (Å²) in [5.41, 5.74) is 1.13. The molecule has 0 atom stereocenters. The highest BCUT2D eigenvalue weighted by Crippen LogP contribution is 2.20. The molecule has 1 aromatic carbocycles. The van der Waals surface area contributed by atoms with E-state index in [4.69, 9.17) is 16.1 Å². The van der Waals surface area contributed by atoms with Gasteiger partial charge in [0.05, 0.1) is 17.6 Å². The summed E-state index contributed by atoms with van der Waals surface area (Å²) < 4.78 is 4.95. The van der Waals surface area contributed by atoms with Crippen LogP contribution in [0, 0.1) is 6.92 Å². The molecule has 0 unspecified atom stereocenters. The van der Waals surface area contributed by atoms with Crippen LogP contribution in [0.2, 0.25) is 5.15 Å². The number of aromatic nitrogens is 3. The normalized spacial score (nSPS) is 10.8. The van der Waals surface area contributed by atoms with Crippen molar-refractivity contribution in [1.82, 2.24) is 20.4 Å². The summed E-state index contributed by atoms with van der Waals surface area (Å²) >= 11 is 5.96. The Morgan fingerprint density at radius 2 is 2.14 bits per heavy atom. The second-order valence-corrected chi connectivity index (χ2v) is 4.81. The Bertz CT molecular complexity index is 816. The molecule has 1 N–H and O–H groups in total. The van der Waals surface area contributed by atoms with Crippen LogP contribution in [0.4, 0.5) is 0 Å². The van der Waals surface area contributed by atoms with Gasteiger partial charge in [0.25, 0.3) is 5.91 Å². The number of carbonyl (C=O) groups is 1. The fraction of sp³-hybridized carbons (Fsp3) is 0.143. The van der Waals surface area contributed by atoms with Crippen LogP contribution in [0.5, 0.6) is 0 Å². The first-order valence-electron chi connectivity index (χ1n) is 6.26. The molecule has 0 bridgehead atoms. The van der Waals surface area contributed by atoms with Crippen molar-refractivity contribution < 1.29 is 9.32 Å². The summed E-state index contributed by atoms with van der Waals surface area (Å²) in [4.78, 5) is 20.5. The van der Waals surface area contributed by atoms with E-state index in [9.17, 15) is 4.79 Å². The zero-order chi connectivity index (χ0) is 14.8. The van der Waals surface area contributed by atoms with E-state index in [0.29, 0.717) is 22.8 Å². The zero-order valence-electron chi connectivity index (χ0n) is 11.1. The van der Waals surface area contributed by atoms with E-state index in [1.165, 1.54) is 6.07 Å². The fourth-order valence-corrected chi connectivity index (χ4v) is 2.19. The summed E-state index contributed by atoms with van der Waals surface area (Å²) in [7, 11) is 0. The molecule has 6 nitrogen and oxygen atoms in total. The second-order valence-electron chi connectivity index (χ2n) is 4.43. The van der Waals surface area contributed by atoms with Gasteiger partial charge in [0, 0.05) is 5.39 Å². The molecule has 0 fully saturated rings. The first-order valence-corrected chi connectivity index (χ1v) is 6.64. The molecule has 106 valence electrons. The van der Waals surface area contributed by atoms with E-state index in [2.05, 4.69) is 20.4 Å². The van der Waals surface area contributed by atoms with Gasteiger partial charge < -0.3 is 9.84 Å². The average Bonchev–Trinajstić information content (AvgIpc) is 2.89. The van der Waals surface area contributed by atoms with Gasteiger partial charge in [-0.25, -0.2) is 4.98 Å². The van der Waals surface area contributed by atoms with E-state index in [-0.39, 0.29) is 17.6 Å². The van der Waals surface area contributed by atoms with Gasteiger partial charge in [-0.3, -0.25) is 4.79 Å². The first-order chi connectivity index (χ1) is 10.1. The van der Waals surface area contributed by atoms with Crippen molar-refractivity contribution in [2.75, 3.05) is 0 Å². The third kappa shape index (κ3) is 2.85. The summed E-state index contributed by atoms with van der Waals surface area (Å²) in [6, 6.07) is 8.85. The molecule has 21 heavy (non-hydrogen) atoms. The van der Waals surface area contributed by atoms with Crippen LogP contribution in [0.15, 0.2) is 34.9 Å². The van der Waals surface area contributed by atoms with Crippen molar-refractivity contribution in [3.05, 3.63) is 52.8 Å². The third-order valence-corrected chi connectivity index (χ3v) is 3.09. The molecule has 0 radical (unpaired) electrons. The Hall–Kier alpha value is -2.47. The molecule has 0 saturated carbocycles. The van der Waals surface area contributed by atoms with Gasteiger partial charge in [0.2, 0.25) is 5.89 Å². The fourth-order valence-electron chi connectivity index (χ4n) is 1.99. The lowest BCUT2D eigenvalue weighted by molar-refractivity contribution is 0.0948. The molecule has 0 aliphatic rings. The minimum atomic E-state index is -0.272. The molecule has 7 heteroatoms. The molecule has 0 saturated heterocycles. The van der Waals surface area contributed by atoms with Crippen molar-refractivity contribution in [2.24, 2.45) is 0 Å². The van der Waals surface area contributed by atoms with Crippen molar-refractivity contribution in [3.8, 4) is 0 Å². The zero-order valence-corrected chi connectivity index (χ0v) is 11.9. The van der Waals surface area contributed by atoms with E-state index in [1.54, 1.807) is 13.0 Å². The molecule has 0 spiro atoms. The lowest BCUT2D eigenvalue weighted by atomic mass is 10.1. The number of nitrogens with one attached hydrogen (secondary N) is 1. The van der Waals surface area contributed by atoms with Gasteiger partial charge in [0.1, 0.15) is 5.15 Å². The van der Waals surface area contributed by atoms with Gasteiger partial charge in [-0.1, -0.05) is 35.0 Å². The highest BCUT2D eigenvalue weighted by Gasteiger charge is 2.13. The standard InChI is InChI=1S/C14H11ClN4O2/c1-8-17-13(21-19-8)7-16-14(20)10-6-12(15)18-11-5-3-2-4-9(10)11/h2-6H,7H2,1H3,(H,16,20). The van der Waals surface area contributed by atoms with Crippen molar-refractivity contribution in [2.45, 2.75) is 13.5 Å². The van der Waals surface area contributed by atoms with Crippen LogP contribution < -0.4 is 5.32 Å². The summed E-state index contributed by atoms with van der Waals surface area (Å²) in [6.45, 7) is 1.87. The average molecular weight is 303 g/mol. The smallest absolute Gasteiger partial charge is 0.252 e. The molecule has 2 heterocycles. The molecular formula is C14H11ClN4O2. The number of hydrogen-bond acceptors (Lipinski definition) is 5. The molecule has 3 aromatic rings. The number of pyridine rings is 1. The number of amides is 1. The van der Waals surface area contributed by atoms with Gasteiger partial charge >= 0.3 is 0 Å². The Morgan fingerprint density at radius 3 is 2.90 bits per heavy atom. The Balaban J connectivity index is 1.87. The highest BCUT2D eigenvalue weighted by atomic mass is 35.5. The third-order valence-electron chi connectivity index (χ3n) is 2.90. The number of hydrogen-bond donors (Lipinski definition) is 1. The van der Waals surface area contributed by atoms with Crippen LogP contribution in [0.1, 0.15) is 22.1 Å². The van der Waals surface area contributed by atoms with Gasteiger partial charge in [-0.2, -0.15) is 4.98 Å². The topological polar surface area (TPSA) is 80.9 Å². The van der Waals surface area contributed by atoms with Gasteiger partial charge in [-0.05, 0) is 19.1 Å². The van der Waals surface area contributed by atoms with E-state index in [0.717, 1.165) is 5.39 Å². The lowest BCUT2D eigenvalue weighted by Gasteiger charge is -2.07. The molecular weight excluding hydrogens is 292 g/mol. The van der Waals surface area contributed by atoms with E-state index < -0.39 is 0 Å². The van der Waals surface area contributed by atoms with Crippen LogP contribution in [-0.2, 0) is 6.54 Å². The second kappa shape index (κ2) is 5.49. The highest BCUT2D eigenvalue weighted by molar-refractivity contribution is 6.30. The number of nitrogens with zero attached hydrogens (tertiary/aromatic N) is 3. The van der Waals surface area contributed by atoms with E-state index in [1.807, 2.05) is 18.2 Å². The minimum absolute atomic E-state index is 0.161. The number of rotatable bonds is 3. The largest absolute Gasteiger partial charge is 0.343 e. The lowest BCUT2D eigenvalue weighted by Crippen LogP contribution is -2.23. The summed E-state index contributed by atoms with van der Waals surface area (Å²) in [6.07, 6.45) is 0. The predicted octanol–water partition coefficient (Wildman–Crippen LogP) is 2.51. The Morgan fingerprint density at radius 1 is 1.33 bits per heavy atom. The van der Waals surface area contributed by atoms with Crippen LogP contribution in [0.3, 0.4) is 0 Å². The van der Waals surface area contributed by atoms with E-state index >= 15 is 0 Å². The first kappa shape index (κ1) is 13.5. The van der Waals surface area contributed by atoms with Crippen molar-refractivity contribution in [1.29, 1.82) is 0 Å². The van der Waals surface area contributed by atoms with Crippen LogP contribution in [0.25, 0.3) is 10.9 Å². The number of halogens is 1. The molecule has 0 aliphatic carbocycles. The summed E-state index contributed by atoms with van der Waals surface area (Å²) in [5.74, 6) is 0.605. The molecule has 0 aliphatic heterocycles. The number of benzene rings is 1. The predicted molar refractivity (Wildman–Crippen MR) is 77.0 cm³/mol.